The summed E-state index contributed by atoms with van der Waals surface area (Å²) >= 11 is 0. The molecule has 0 aliphatic heterocycles. The highest BCUT2D eigenvalue weighted by molar-refractivity contribution is 6.02. The molecule has 0 spiro atoms. The molecule has 5 heteroatoms. The predicted octanol–water partition coefficient (Wildman–Crippen LogP) is 3.80. The van der Waals surface area contributed by atoms with Gasteiger partial charge in [-0.15, -0.1) is 0 Å². The smallest absolute Gasteiger partial charge is 0.248 e. The summed E-state index contributed by atoms with van der Waals surface area (Å²) in [7, 11) is 2.99. The summed E-state index contributed by atoms with van der Waals surface area (Å²) in [4.78, 5) is 12.0. The summed E-state index contributed by atoms with van der Waals surface area (Å²) in [5.41, 5.74) is 2.26. The fourth-order valence-corrected chi connectivity index (χ4v) is 2.09. The zero-order valence-corrected chi connectivity index (χ0v) is 13.2. The Morgan fingerprint density at radius 2 is 1.83 bits per heavy atom. The van der Waals surface area contributed by atoms with Crippen LogP contribution in [0.5, 0.6) is 11.5 Å². The highest BCUT2D eigenvalue weighted by Gasteiger charge is 2.07. The van der Waals surface area contributed by atoms with Crippen molar-refractivity contribution in [2.75, 3.05) is 19.5 Å². The number of benzene rings is 2. The molecule has 0 saturated carbocycles. The monoisotopic (exact) mass is 315 g/mol. The Labute approximate surface area is 134 Å². The lowest BCUT2D eigenvalue weighted by Crippen LogP contribution is -2.09. The molecular weight excluding hydrogens is 297 g/mol. The number of rotatable bonds is 5. The van der Waals surface area contributed by atoms with E-state index in [9.17, 15) is 9.18 Å². The second kappa shape index (κ2) is 7.45. The molecular formula is C18H18FNO3. The third-order valence-electron chi connectivity index (χ3n) is 3.22. The van der Waals surface area contributed by atoms with Crippen molar-refractivity contribution < 1.29 is 18.7 Å². The molecule has 0 bridgehead atoms. The van der Waals surface area contributed by atoms with Gasteiger partial charge in [-0.25, -0.2) is 4.39 Å². The van der Waals surface area contributed by atoms with E-state index in [1.54, 1.807) is 13.2 Å². The lowest BCUT2D eigenvalue weighted by Gasteiger charge is -2.09. The molecule has 0 unspecified atom stereocenters. The Morgan fingerprint density at radius 3 is 2.52 bits per heavy atom. The van der Waals surface area contributed by atoms with Crippen molar-refractivity contribution in [2.45, 2.75) is 6.92 Å². The Morgan fingerprint density at radius 1 is 1.09 bits per heavy atom. The number of aryl methyl sites for hydroxylation is 1. The number of ether oxygens (including phenoxy) is 2. The molecule has 0 radical (unpaired) electrons. The normalized spacial score (nSPS) is 10.6. The van der Waals surface area contributed by atoms with Crippen LogP contribution in [0.1, 0.15) is 11.1 Å². The molecule has 120 valence electrons. The minimum Gasteiger partial charge on any atom is -0.496 e. The van der Waals surface area contributed by atoms with Gasteiger partial charge in [-0.05, 0) is 37.3 Å². The highest BCUT2D eigenvalue weighted by atomic mass is 19.1. The Balaban J connectivity index is 2.15. The lowest BCUT2D eigenvalue weighted by atomic mass is 10.1. The summed E-state index contributed by atoms with van der Waals surface area (Å²) < 4.78 is 23.4. The van der Waals surface area contributed by atoms with Crippen molar-refractivity contribution in [3.8, 4) is 11.5 Å². The van der Waals surface area contributed by atoms with Crippen LogP contribution in [0.3, 0.4) is 0 Å². The van der Waals surface area contributed by atoms with Gasteiger partial charge in [0, 0.05) is 17.7 Å². The van der Waals surface area contributed by atoms with Crippen LogP contribution < -0.4 is 14.8 Å². The first kappa shape index (κ1) is 16.5. The van der Waals surface area contributed by atoms with E-state index in [1.165, 1.54) is 31.4 Å². The average molecular weight is 315 g/mol. The standard InChI is InChI=1S/C18H18FNO3/c1-12-4-8-16(22-2)13(10-12)5-9-18(21)20-15-7-6-14(19)11-17(15)23-3/h4-11H,1-3H3,(H,20,21)/b9-5+. The number of methoxy groups -OCH3 is 2. The van der Waals surface area contributed by atoms with Crippen molar-refractivity contribution in [2.24, 2.45) is 0 Å². The zero-order chi connectivity index (χ0) is 16.8. The van der Waals surface area contributed by atoms with Crippen LogP contribution in [0.15, 0.2) is 42.5 Å². The van der Waals surface area contributed by atoms with Gasteiger partial charge < -0.3 is 14.8 Å². The largest absolute Gasteiger partial charge is 0.496 e. The summed E-state index contributed by atoms with van der Waals surface area (Å²) in [6.45, 7) is 1.96. The van der Waals surface area contributed by atoms with Gasteiger partial charge in [0.05, 0.1) is 19.9 Å². The van der Waals surface area contributed by atoms with E-state index in [4.69, 9.17) is 9.47 Å². The Hall–Kier alpha value is -2.82. The number of carbonyl (C=O) groups is 1. The van der Waals surface area contributed by atoms with Crippen LogP contribution in [0.25, 0.3) is 6.08 Å². The van der Waals surface area contributed by atoms with Gasteiger partial charge in [0.1, 0.15) is 17.3 Å². The Bertz CT molecular complexity index is 741. The molecule has 0 saturated heterocycles. The van der Waals surface area contributed by atoms with Crippen LogP contribution >= 0.6 is 0 Å². The molecule has 0 fully saturated rings. The molecule has 2 aromatic rings. The minimum atomic E-state index is -0.431. The summed E-state index contributed by atoms with van der Waals surface area (Å²) in [6, 6.07) is 9.61. The van der Waals surface area contributed by atoms with E-state index in [0.29, 0.717) is 11.4 Å². The minimum absolute atomic E-state index is 0.264. The van der Waals surface area contributed by atoms with E-state index in [1.807, 2.05) is 25.1 Å². The van der Waals surface area contributed by atoms with Gasteiger partial charge in [-0.1, -0.05) is 11.6 Å². The van der Waals surface area contributed by atoms with Gasteiger partial charge in [0.15, 0.2) is 0 Å². The number of anilines is 1. The maximum Gasteiger partial charge on any atom is 0.248 e. The number of nitrogens with one attached hydrogen (secondary N) is 1. The first-order valence-electron chi connectivity index (χ1n) is 7.00. The second-order valence-electron chi connectivity index (χ2n) is 4.91. The van der Waals surface area contributed by atoms with E-state index >= 15 is 0 Å². The van der Waals surface area contributed by atoms with Crippen molar-refractivity contribution >= 4 is 17.7 Å². The molecule has 0 atom stereocenters. The van der Waals surface area contributed by atoms with Gasteiger partial charge in [0.2, 0.25) is 5.91 Å². The van der Waals surface area contributed by atoms with Gasteiger partial charge in [-0.2, -0.15) is 0 Å². The molecule has 0 heterocycles. The third-order valence-corrected chi connectivity index (χ3v) is 3.22. The van der Waals surface area contributed by atoms with Crippen molar-refractivity contribution in [3.63, 3.8) is 0 Å². The number of carbonyl (C=O) groups excluding carboxylic acids is 1. The van der Waals surface area contributed by atoms with Gasteiger partial charge in [-0.3, -0.25) is 4.79 Å². The first-order valence-corrected chi connectivity index (χ1v) is 7.00. The number of amides is 1. The fraction of sp³-hybridized carbons (Fsp3) is 0.167. The van der Waals surface area contributed by atoms with Crippen molar-refractivity contribution in [1.29, 1.82) is 0 Å². The second-order valence-corrected chi connectivity index (χ2v) is 4.91. The van der Waals surface area contributed by atoms with E-state index < -0.39 is 5.82 Å². The lowest BCUT2D eigenvalue weighted by molar-refractivity contribution is -0.111. The van der Waals surface area contributed by atoms with E-state index in [0.717, 1.165) is 11.1 Å². The quantitative estimate of drug-likeness (QED) is 0.854. The molecule has 2 rings (SSSR count). The topological polar surface area (TPSA) is 47.6 Å². The summed E-state index contributed by atoms with van der Waals surface area (Å²) in [5, 5.41) is 2.65. The van der Waals surface area contributed by atoms with Crippen molar-refractivity contribution in [3.05, 3.63) is 59.4 Å². The van der Waals surface area contributed by atoms with Gasteiger partial charge in [0.25, 0.3) is 0 Å². The number of hydrogen-bond donors (Lipinski definition) is 1. The average Bonchev–Trinajstić information content (AvgIpc) is 2.54. The van der Waals surface area contributed by atoms with E-state index in [2.05, 4.69) is 5.32 Å². The highest BCUT2D eigenvalue weighted by Crippen LogP contribution is 2.25. The molecule has 0 aliphatic rings. The molecule has 0 aromatic heterocycles. The third kappa shape index (κ3) is 4.32. The number of halogens is 1. The molecule has 4 nitrogen and oxygen atoms in total. The molecule has 1 amide bonds. The van der Waals surface area contributed by atoms with Crippen LogP contribution in [-0.2, 0) is 4.79 Å². The van der Waals surface area contributed by atoms with Gasteiger partial charge >= 0.3 is 0 Å². The number of hydrogen-bond acceptors (Lipinski definition) is 3. The molecule has 1 N–H and O–H groups in total. The SMILES string of the molecule is COc1ccc(C)cc1/C=C/C(=O)Nc1ccc(F)cc1OC. The van der Waals surface area contributed by atoms with E-state index in [-0.39, 0.29) is 11.7 Å². The molecule has 2 aromatic carbocycles. The Kier molecular flexibility index (Phi) is 5.36. The van der Waals surface area contributed by atoms with Crippen molar-refractivity contribution in [1.82, 2.24) is 0 Å². The maximum absolute atomic E-state index is 13.1. The molecule has 0 aliphatic carbocycles. The van der Waals surface area contributed by atoms with Crippen LogP contribution in [-0.4, -0.2) is 20.1 Å². The fourth-order valence-electron chi connectivity index (χ4n) is 2.09. The predicted molar refractivity (Wildman–Crippen MR) is 88.3 cm³/mol. The van der Waals surface area contributed by atoms with Crippen LogP contribution in [0.4, 0.5) is 10.1 Å². The zero-order valence-electron chi connectivity index (χ0n) is 13.2. The van der Waals surface area contributed by atoms with Crippen LogP contribution in [0.2, 0.25) is 0 Å². The first-order chi connectivity index (χ1) is 11.0. The maximum atomic E-state index is 13.1. The van der Waals surface area contributed by atoms with Crippen LogP contribution in [0, 0.1) is 12.7 Å². The summed E-state index contributed by atoms with van der Waals surface area (Å²) in [6.07, 6.45) is 3.05. The summed E-state index contributed by atoms with van der Waals surface area (Å²) in [5.74, 6) is 0.164. The molecule has 23 heavy (non-hydrogen) atoms.